The lowest BCUT2D eigenvalue weighted by atomic mass is 10.2. The number of aromatic nitrogens is 2. The molecule has 2 rings (SSSR count). The van der Waals surface area contributed by atoms with E-state index in [0.29, 0.717) is 19.0 Å². The van der Waals surface area contributed by atoms with Crippen molar-refractivity contribution in [1.29, 1.82) is 0 Å². The Labute approximate surface area is 131 Å². The first kappa shape index (κ1) is 16.1. The third kappa shape index (κ3) is 4.10. The monoisotopic (exact) mass is 301 g/mol. The van der Waals surface area contributed by atoms with Crippen LogP contribution in [0.25, 0.3) is 0 Å². The Bertz CT molecular complexity index is 615. The van der Waals surface area contributed by atoms with Crippen LogP contribution in [0, 0.1) is 0 Å². The van der Waals surface area contributed by atoms with Crippen molar-refractivity contribution in [2.24, 2.45) is 0 Å². The molecule has 1 aromatic heterocycles. The summed E-state index contributed by atoms with van der Waals surface area (Å²) < 4.78 is 10.9. The first-order chi connectivity index (χ1) is 10.6. The van der Waals surface area contributed by atoms with Crippen LogP contribution in [0.1, 0.15) is 38.1 Å². The molecule has 22 heavy (non-hydrogen) atoms. The summed E-state index contributed by atoms with van der Waals surface area (Å²) in [6.07, 6.45) is 0. The lowest BCUT2D eigenvalue weighted by Crippen LogP contribution is -2.08. The summed E-state index contributed by atoms with van der Waals surface area (Å²) in [5.41, 5.74) is 1.08. The Morgan fingerprint density at radius 1 is 1.18 bits per heavy atom. The number of hydrogen-bond donors (Lipinski definition) is 1. The lowest BCUT2D eigenvalue weighted by molar-refractivity contribution is 0.324. The number of nitrogens with zero attached hydrogens (tertiary/aromatic N) is 2. The van der Waals surface area contributed by atoms with Gasteiger partial charge in [0, 0.05) is 24.1 Å². The largest absolute Gasteiger partial charge is 0.496 e. The van der Waals surface area contributed by atoms with Crippen LogP contribution in [0.5, 0.6) is 11.6 Å². The number of rotatable bonds is 7. The van der Waals surface area contributed by atoms with E-state index in [2.05, 4.69) is 29.1 Å². The summed E-state index contributed by atoms with van der Waals surface area (Å²) >= 11 is 0. The van der Waals surface area contributed by atoms with Crippen molar-refractivity contribution >= 4 is 5.82 Å². The molecule has 2 aromatic rings. The molecule has 1 aromatic carbocycles. The van der Waals surface area contributed by atoms with Crippen LogP contribution in [0.2, 0.25) is 0 Å². The number of para-hydroxylation sites is 1. The Kier molecular flexibility index (Phi) is 5.58. The molecular weight excluding hydrogens is 278 g/mol. The van der Waals surface area contributed by atoms with Crippen molar-refractivity contribution in [3.63, 3.8) is 0 Å². The molecule has 5 heteroatoms. The highest BCUT2D eigenvalue weighted by atomic mass is 16.5. The van der Waals surface area contributed by atoms with Crippen molar-refractivity contribution < 1.29 is 9.47 Å². The lowest BCUT2D eigenvalue weighted by Gasteiger charge is -2.13. The molecule has 5 nitrogen and oxygen atoms in total. The van der Waals surface area contributed by atoms with Crippen molar-refractivity contribution in [2.45, 2.75) is 33.2 Å². The van der Waals surface area contributed by atoms with Gasteiger partial charge in [-0.3, -0.25) is 0 Å². The number of methoxy groups -OCH3 is 1. The van der Waals surface area contributed by atoms with E-state index in [1.54, 1.807) is 7.11 Å². The van der Waals surface area contributed by atoms with Crippen molar-refractivity contribution in [3.8, 4) is 11.6 Å². The fraction of sp³-hybridized carbons (Fsp3) is 0.412. The zero-order valence-electron chi connectivity index (χ0n) is 13.6. The van der Waals surface area contributed by atoms with E-state index >= 15 is 0 Å². The highest BCUT2D eigenvalue weighted by molar-refractivity contribution is 5.42. The molecule has 0 saturated carbocycles. The zero-order valence-corrected chi connectivity index (χ0v) is 13.6. The number of anilines is 1. The summed E-state index contributed by atoms with van der Waals surface area (Å²) in [7, 11) is 1.67. The second-order valence-electron chi connectivity index (χ2n) is 5.20. The van der Waals surface area contributed by atoms with E-state index in [0.717, 1.165) is 23.0 Å². The van der Waals surface area contributed by atoms with Crippen molar-refractivity contribution in [3.05, 3.63) is 41.7 Å². The Morgan fingerprint density at radius 3 is 2.64 bits per heavy atom. The normalized spacial score (nSPS) is 10.6. The highest BCUT2D eigenvalue weighted by Gasteiger charge is 2.09. The van der Waals surface area contributed by atoms with Gasteiger partial charge in [0.25, 0.3) is 0 Å². The fourth-order valence-electron chi connectivity index (χ4n) is 2.05. The molecule has 0 amide bonds. The van der Waals surface area contributed by atoms with E-state index in [-0.39, 0.29) is 5.92 Å². The SMILES string of the molecule is CCOc1cc(NCc2ccccc2OC)nc(C(C)C)n1. The van der Waals surface area contributed by atoms with Gasteiger partial charge >= 0.3 is 0 Å². The van der Waals surface area contributed by atoms with Crippen LogP contribution in [0.3, 0.4) is 0 Å². The minimum Gasteiger partial charge on any atom is -0.496 e. The zero-order chi connectivity index (χ0) is 15.9. The van der Waals surface area contributed by atoms with Crippen LogP contribution in [-0.4, -0.2) is 23.7 Å². The third-order valence-electron chi connectivity index (χ3n) is 3.18. The van der Waals surface area contributed by atoms with E-state index < -0.39 is 0 Å². The summed E-state index contributed by atoms with van der Waals surface area (Å²) in [5.74, 6) is 3.23. The van der Waals surface area contributed by atoms with Gasteiger partial charge in [-0.25, -0.2) is 4.98 Å². The molecule has 0 aliphatic heterocycles. The second-order valence-corrected chi connectivity index (χ2v) is 5.20. The average Bonchev–Trinajstić information content (AvgIpc) is 2.53. The third-order valence-corrected chi connectivity index (χ3v) is 3.18. The second kappa shape index (κ2) is 7.64. The Balaban J connectivity index is 2.17. The van der Waals surface area contributed by atoms with Crippen molar-refractivity contribution in [1.82, 2.24) is 9.97 Å². The van der Waals surface area contributed by atoms with Crippen LogP contribution in [0.4, 0.5) is 5.82 Å². The van der Waals surface area contributed by atoms with Gasteiger partial charge in [0.15, 0.2) is 0 Å². The summed E-state index contributed by atoms with van der Waals surface area (Å²) in [6.45, 7) is 7.29. The summed E-state index contributed by atoms with van der Waals surface area (Å²) in [5, 5.41) is 3.32. The smallest absolute Gasteiger partial charge is 0.218 e. The van der Waals surface area contributed by atoms with E-state index in [9.17, 15) is 0 Å². The number of hydrogen-bond acceptors (Lipinski definition) is 5. The highest BCUT2D eigenvalue weighted by Crippen LogP contribution is 2.21. The molecular formula is C17H23N3O2. The average molecular weight is 301 g/mol. The molecule has 0 fully saturated rings. The molecule has 118 valence electrons. The molecule has 0 spiro atoms. The maximum atomic E-state index is 5.52. The predicted molar refractivity (Wildman–Crippen MR) is 87.6 cm³/mol. The van der Waals surface area contributed by atoms with E-state index in [1.165, 1.54) is 0 Å². The van der Waals surface area contributed by atoms with Crippen molar-refractivity contribution in [2.75, 3.05) is 19.0 Å². The molecule has 0 atom stereocenters. The quantitative estimate of drug-likeness (QED) is 0.846. The van der Waals surface area contributed by atoms with Gasteiger partial charge in [0.05, 0.1) is 13.7 Å². The van der Waals surface area contributed by atoms with Gasteiger partial charge in [-0.1, -0.05) is 32.0 Å². The molecule has 1 N–H and O–H groups in total. The Morgan fingerprint density at radius 2 is 1.95 bits per heavy atom. The van der Waals surface area contributed by atoms with Crippen LogP contribution < -0.4 is 14.8 Å². The molecule has 0 unspecified atom stereocenters. The van der Waals surface area contributed by atoms with Crippen LogP contribution in [0.15, 0.2) is 30.3 Å². The molecule has 0 radical (unpaired) electrons. The molecule has 0 bridgehead atoms. The molecule has 1 heterocycles. The van der Waals surface area contributed by atoms with Crippen LogP contribution >= 0.6 is 0 Å². The summed E-state index contributed by atoms with van der Waals surface area (Å²) in [4.78, 5) is 8.96. The predicted octanol–water partition coefficient (Wildman–Crippen LogP) is 3.62. The number of ether oxygens (including phenoxy) is 2. The van der Waals surface area contributed by atoms with Gasteiger partial charge in [0.1, 0.15) is 17.4 Å². The Hall–Kier alpha value is -2.30. The first-order valence-electron chi connectivity index (χ1n) is 7.51. The fourth-order valence-corrected chi connectivity index (χ4v) is 2.05. The van der Waals surface area contributed by atoms with Gasteiger partial charge in [0.2, 0.25) is 5.88 Å². The minimum absolute atomic E-state index is 0.243. The van der Waals surface area contributed by atoms with Crippen LogP contribution in [-0.2, 0) is 6.54 Å². The van der Waals surface area contributed by atoms with Gasteiger partial charge in [-0.15, -0.1) is 0 Å². The standard InChI is InChI=1S/C17H23N3O2/c1-5-22-16-10-15(19-17(20-16)12(2)3)18-11-13-8-6-7-9-14(13)21-4/h6-10,12H,5,11H2,1-4H3,(H,18,19,20). The van der Waals surface area contributed by atoms with Gasteiger partial charge in [-0.2, -0.15) is 4.98 Å². The minimum atomic E-state index is 0.243. The molecule has 0 saturated heterocycles. The topological polar surface area (TPSA) is 56.3 Å². The number of benzene rings is 1. The maximum Gasteiger partial charge on any atom is 0.218 e. The molecule has 0 aliphatic carbocycles. The maximum absolute atomic E-state index is 5.52. The van der Waals surface area contributed by atoms with Gasteiger partial charge in [-0.05, 0) is 13.0 Å². The van der Waals surface area contributed by atoms with E-state index in [4.69, 9.17) is 9.47 Å². The van der Waals surface area contributed by atoms with Gasteiger partial charge < -0.3 is 14.8 Å². The first-order valence-corrected chi connectivity index (χ1v) is 7.51. The summed E-state index contributed by atoms with van der Waals surface area (Å²) in [6, 6.07) is 9.74. The van der Waals surface area contributed by atoms with E-state index in [1.807, 2.05) is 37.3 Å². The number of nitrogens with one attached hydrogen (secondary N) is 1. The molecule has 0 aliphatic rings.